The molecule has 0 aromatic carbocycles. The lowest BCUT2D eigenvalue weighted by atomic mass is 10.1. The highest BCUT2D eigenvalue weighted by molar-refractivity contribution is 6.19. The van der Waals surface area contributed by atoms with Gasteiger partial charge in [-0.1, -0.05) is 6.92 Å². The number of hydrogen-bond acceptors (Lipinski definition) is 3. The first-order valence-electron chi connectivity index (χ1n) is 7.02. The summed E-state index contributed by atoms with van der Waals surface area (Å²) < 4.78 is 0. The SMILES string of the molecule is CC(CCl)C(=O)N(CCCN(C)C)CCCN(C)C. The summed E-state index contributed by atoms with van der Waals surface area (Å²) in [4.78, 5) is 18.5. The van der Waals surface area contributed by atoms with Crippen LogP contribution < -0.4 is 0 Å². The quantitative estimate of drug-likeness (QED) is 0.572. The van der Waals surface area contributed by atoms with Gasteiger partial charge in [0.1, 0.15) is 0 Å². The van der Waals surface area contributed by atoms with Gasteiger partial charge in [-0.2, -0.15) is 0 Å². The summed E-state index contributed by atoms with van der Waals surface area (Å²) in [7, 11) is 8.22. The Morgan fingerprint density at radius 2 is 1.37 bits per heavy atom. The van der Waals surface area contributed by atoms with Crippen LogP contribution in [0.4, 0.5) is 0 Å². The van der Waals surface area contributed by atoms with Crippen molar-refractivity contribution in [1.29, 1.82) is 0 Å². The Balaban J connectivity index is 4.25. The minimum atomic E-state index is -0.0830. The molecule has 114 valence electrons. The number of carbonyl (C=O) groups is 1. The average Bonchev–Trinajstić information content (AvgIpc) is 2.34. The summed E-state index contributed by atoms with van der Waals surface area (Å²) in [6.45, 7) is 5.57. The van der Waals surface area contributed by atoms with E-state index in [2.05, 4.69) is 38.0 Å². The molecule has 0 spiro atoms. The number of rotatable bonds is 10. The van der Waals surface area contributed by atoms with Crippen LogP contribution in [0.25, 0.3) is 0 Å². The second kappa shape index (κ2) is 10.5. The maximum absolute atomic E-state index is 12.2. The molecule has 0 radical (unpaired) electrons. The lowest BCUT2D eigenvalue weighted by molar-refractivity contribution is -0.134. The van der Waals surface area contributed by atoms with Gasteiger partial charge in [0, 0.05) is 24.9 Å². The minimum Gasteiger partial charge on any atom is -0.342 e. The van der Waals surface area contributed by atoms with Crippen molar-refractivity contribution in [1.82, 2.24) is 14.7 Å². The molecule has 0 aromatic heterocycles. The van der Waals surface area contributed by atoms with Crippen molar-refractivity contribution in [3.63, 3.8) is 0 Å². The van der Waals surface area contributed by atoms with Gasteiger partial charge in [-0.15, -0.1) is 11.6 Å². The molecule has 0 saturated heterocycles. The number of hydrogen-bond donors (Lipinski definition) is 0. The van der Waals surface area contributed by atoms with Gasteiger partial charge >= 0.3 is 0 Å². The topological polar surface area (TPSA) is 26.8 Å². The van der Waals surface area contributed by atoms with Gasteiger partial charge < -0.3 is 14.7 Å². The monoisotopic (exact) mass is 291 g/mol. The van der Waals surface area contributed by atoms with Crippen LogP contribution >= 0.6 is 11.6 Å². The lowest BCUT2D eigenvalue weighted by Crippen LogP contribution is -2.39. The van der Waals surface area contributed by atoms with Gasteiger partial charge in [-0.3, -0.25) is 4.79 Å². The highest BCUT2D eigenvalue weighted by Crippen LogP contribution is 2.07. The third kappa shape index (κ3) is 9.25. The summed E-state index contributed by atoms with van der Waals surface area (Å²) in [6, 6.07) is 0. The molecule has 5 heteroatoms. The first-order chi connectivity index (χ1) is 8.88. The van der Waals surface area contributed by atoms with E-state index in [-0.39, 0.29) is 11.8 Å². The molecule has 0 bridgehead atoms. The Hall–Kier alpha value is -0.320. The number of nitrogens with zero attached hydrogens (tertiary/aromatic N) is 3. The minimum absolute atomic E-state index is 0.0830. The maximum Gasteiger partial charge on any atom is 0.226 e. The first-order valence-corrected chi connectivity index (χ1v) is 7.56. The molecule has 1 amide bonds. The van der Waals surface area contributed by atoms with E-state index in [4.69, 9.17) is 11.6 Å². The van der Waals surface area contributed by atoms with Crippen LogP contribution in [0.15, 0.2) is 0 Å². The molecule has 4 nitrogen and oxygen atoms in total. The highest BCUT2D eigenvalue weighted by Gasteiger charge is 2.19. The van der Waals surface area contributed by atoms with Gasteiger partial charge in [0.25, 0.3) is 0 Å². The number of alkyl halides is 1. The number of carbonyl (C=O) groups excluding carboxylic acids is 1. The van der Waals surface area contributed by atoms with Crippen LogP contribution in [0.2, 0.25) is 0 Å². The molecule has 0 saturated carbocycles. The number of amides is 1. The summed E-state index contributed by atoms with van der Waals surface area (Å²) in [5, 5.41) is 0. The van der Waals surface area contributed by atoms with Crippen molar-refractivity contribution < 1.29 is 4.79 Å². The van der Waals surface area contributed by atoms with Crippen molar-refractivity contribution in [2.24, 2.45) is 5.92 Å². The predicted octanol–water partition coefficient (Wildman–Crippen LogP) is 1.59. The molecule has 0 aliphatic rings. The zero-order chi connectivity index (χ0) is 14.8. The van der Waals surface area contributed by atoms with E-state index in [0.29, 0.717) is 5.88 Å². The van der Waals surface area contributed by atoms with Gasteiger partial charge in [-0.05, 0) is 54.1 Å². The maximum atomic E-state index is 12.2. The van der Waals surface area contributed by atoms with E-state index in [1.165, 1.54) is 0 Å². The van der Waals surface area contributed by atoms with Crippen molar-refractivity contribution in [3.8, 4) is 0 Å². The second-order valence-corrected chi connectivity index (χ2v) is 6.00. The lowest BCUT2D eigenvalue weighted by Gasteiger charge is -2.26. The summed E-state index contributed by atoms with van der Waals surface area (Å²) >= 11 is 5.80. The van der Waals surface area contributed by atoms with Crippen molar-refractivity contribution in [3.05, 3.63) is 0 Å². The van der Waals surface area contributed by atoms with Crippen molar-refractivity contribution in [2.75, 3.05) is 60.2 Å². The molecule has 1 atom stereocenters. The Morgan fingerprint density at radius 3 is 1.68 bits per heavy atom. The zero-order valence-electron chi connectivity index (χ0n) is 13.2. The van der Waals surface area contributed by atoms with Gasteiger partial charge in [0.15, 0.2) is 0 Å². The predicted molar refractivity (Wildman–Crippen MR) is 82.8 cm³/mol. The van der Waals surface area contributed by atoms with Crippen LogP contribution in [-0.2, 0) is 4.79 Å². The normalized spacial score (nSPS) is 13.1. The molecule has 0 aliphatic carbocycles. The van der Waals surface area contributed by atoms with Gasteiger partial charge in [-0.25, -0.2) is 0 Å². The molecule has 0 heterocycles. The van der Waals surface area contributed by atoms with E-state index in [1.807, 2.05) is 11.8 Å². The first kappa shape index (κ1) is 18.7. The molecule has 19 heavy (non-hydrogen) atoms. The molecule has 1 unspecified atom stereocenters. The van der Waals surface area contributed by atoms with Crippen LogP contribution in [-0.4, -0.2) is 80.9 Å². The number of halogens is 1. The third-order valence-electron chi connectivity index (χ3n) is 3.03. The van der Waals surface area contributed by atoms with Gasteiger partial charge in [0.05, 0.1) is 0 Å². The molecule has 0 fully saturated rings. The molecule has 0 rings (SSSR count). The van der Waals surface area contributed by atoms with Crippen LogP contribution in [0.3, 0.4) is 0 Å². The van der Waals surface area contributed by atoms with E-state index in [9.17, 15) is 4.79 Å². The molecule has 0 N–H and O–H groups in total. The molecule has 0 aromatic rings. The van der Waals surface area contributed by atoms with E-state index in [0.717, 1.165) is 39.0 Å². The van der Waals surface area contributed by atoms with Crippen LogP contribution in [0, 0.1) is 5.92 Å². The summed E-state index contributed by atoms with van der Waals surface area (Å²) in [6.07, 6.45) is 2.02. The Kier molecular flexibility index (Phi) is 10.3. The fourth-order valence-corrected chi connectivity index (χ4v) is 2.00. The van der Waals surface area contributed by atoms with Crippen LogP contribution in [0.1, 0.15) is 19.8 Å². The van der Waals surface area contributed by atoms with E-state index in [1.54, 1.807) is 0 Å². The Morgan fingerprint density at radius 1 is 0.947 bits per heavy atom. The Labute approximate surface area is 123 Å². The van der Waals surface area contributed by atoms with E-state index >= 15 is 0 Å². The largest absolute Gasteiger partial charge is 0.342 e. The molecule has 0 aliphatic heterocycles. The summed E-state index contributed by atoms with van der Waals surface area (Å²) in [5.74, 6) is 0.504. The molecular formula is C14H30ClN3O. The fourth-order valence-electron chi connectivity index (χ4n) is 1.87. The van der Waals surface area contributed by atoms with Crippen molar-refractivity contribution in [2.45, 2.75) is 19.8 Å². The van der Waals surface area contributed by atoms with Gasteiger partial charge in [0.2, 0.25) is 5.91 Å². The standard InChI is InChI=1S/C14H30ClN3O/c1-13(12-15)14(19)18(10-6-8-16(2)3)11-7-9-17(4)5/h13H,6-12H2,1-5H3. The van der Waals surface area contributed by atoms with Crippen LogP contribution in [0.5, 0.6) is 0 Å². The molecular weight excluding hydrogens is 262 g/mol. The highest BCUT2D eigenvalue weighted by atomic mass is 35.5. The fraction of sp³-hybridized carbons (Fsp3) is 0.929. The van der Waals surface area contributed by atoms with E-state index < -0.39 is 0 Å². The second-order valence-electron chi connectivity index (χ2n) is 5.69. The van der Waals surface area contributed by atoms with Crippen molar-refractivity contribution >= 4 is 17.5 Å². The summed E-state index contributed by atoms with van der Waals surface area (Å²) in [5.41, 5.74) is 0. The smallest absolute Gasteiger partial charge is 0.226 e. The average molecular weight is 292 g/mol. The third-order valence-corrected chi connectivity index (χ3v) is 3.49. The zero-order valence-corrected chi connectivity index (χ0v) is 13.9. The Bertz CT molecular complexity index is 233.